The average Bonchev–Trinajstić information content (AvgIpc) is 2.27. The molecule has 0 atom stereocenters. The minimum absolute atomic E-state index is 0.112. The van der Waals surface area contributed by atoms with E-state index in [4.69, 9.17) is 9.84 Å². The molecular formula is C13H16N2O5. The second kappa shape index (κ2) is 6.05. The van der Waals surface area contributed by atoms with Crippen molar-refractivity contribution in [3.8, 4) is 0 Å². The standard InChI is InChI=1S/C13H16N2O5/c1-13(2,3)20-12(19)14-9-4-5-10(15-11(17)18)8(6-9)7-16/h4-7,15H,1-3H3,(H,14,19)(H,17,18). The van der Waals surface area contributed by atoms with E-state index in [-0.39, 0.29) is 11.3 Å². The summed E-state index contributed by atoms with van der Waals surface area (Å²) in [7, 11) is 0. The average molecular weight is 280 g/mol. The molecule has 1 aromatic rings. The van der Waals surface area contributed by atoms with Crippen LogP contribution >= 0.6 is 0 Å². The van der Waals surface area contributed by atoms with E-state index in [1.165, 1.54) is 18.2 Å². The van der Waals surface area contributed by atoms with Crippen LogP contribution in [0.4, 0.5) is 21.0 Å². The van der Waals surface area contributed by atoms with Gasteiger partial charge in [0.05, 0.1) is 5.69 Å². The molecule has 0 aliphatic heterocycles. The number of ether oxygens (including phenoxy) is 1. The third kappa shape index (κ3) is 4.97. The Hall–Kier alpha value is -2.57. The van der Waals surface area contributed by atoms with Crippen LogP contribution in [0.1, 0.15) is 31.1 Å². The molecule has 0 unspecified atom stereocenters. The lowest BCUT2D eigenvalue weighted by Crippen LogP contribution is -2.27. The first-order valence-electron chi connectivity index (χ1n) is 5.80. The molecule has 0 saturated heterocycles. The largest absolute Gasteiger partial charge is 0.465 e. The lowest BCUT2D eigenvalue weighted by atomic mass is 10.1. The monoisotopic (exact) mass is 280 g/mol. The van der Waals surface area contributed by atoms with E-state index in [9.17, 15) is 14.4 Å². The first kappa shape index (κ1) is 15.5. The van der Waals surface area contributed by atoms with Gasteiger partial charge in [-0.2, -0.15) is 0 Å². The van der Waals surface area contributed by atoms with Crippen molar-refractivity contribution in [3.63, 3.8) is 0 Å². The van der Waals surface area contributed by atoms with Gasteiger partial charge in [-0.3, -0.25) is 15.4 Å². The van der Waals surface area contributed by atoms with Gasteiger partial charge in [0, 0.05) is 11.3 Å². The summed E-state index contributed by atoms with van der Waals surface area (Å²) in [5.41, 5.74) is -0.0527. The number of benzene rings is 1. The van der Waals surface area contributed by atoms with E-state index in [1.54, 1.807) is 20.8 Å². The quantitative estimate of drug-likeness (QED) is 0.738. The van der Waals surface area contributed by atoms with Gasteiger partial charge in [-0.05, 0) is 39.0 Å². The Bertz CT molecular complexity index is 534. The SMILES string of the molecule is CC(C)(C)OC(=O)Nc1ccc(NC(=O)O)c(C=O)c1. The lowest BCUT2D eigenvalue weighted by Gasteiger charge is -2.19. The Balaban J connectivity index is 2.85. The maximum Gasteiger partial charge on any atom is 0.412 e. The number of carbonyl (C=O) groups excluding carboxylic acids is 2. The van der Waals surface area contributed by atoms with Crippen molar-refractivity contribution in [1.82, 2.24) is 0 Å². The molecule has 0 heterocycles. The van der Waals surface area contributed by atoms with E-state index in [1.807, 2.05) is 0 Å². The number of carbonyl (C=O) groups is 3. The molecule has 1 aromatic carbocycles. The van der Waals surface area contributed by atoms with E-state index < -0.39 is 17.8 Å². The van der Waals surface area contributed by atoms with Crippen LogP contribution in [0.5, 0.6) is 0 Å². The number of anilines is 2. The maximum atomic E-state index is 11.6. The summed E-state index contributed by atoms with van der Waals surface area (Å²) in [6.45, 7) is 5.18. The fraction of sp³-hybridized carbons (Fsp3) is 0.308. The highest BCUT2D eigenvalue weighted by Gasteiger charge is 2.16. The predicted octanol–water partition coefficient (Wildman–Crippen LogP) is 2.94. The third-order valence-corrected chi connectivity index (χ3v) is 2.07. The topological polar surface area (TPSA) is 105 Å². The van der Waals surface area contributed by atoms with E-state index in [0.717, 1.165) is 0 Å². The van der Waals surface area contributed by atoms with Crippen LogP contribution < -0.4 is 10.6 Å². The van der Waals surface area contributed by atoms with Crippen molar-refractivity contribution in [2.75, 3.05) is 10.6 Å². The predicted molar refractivity (Wildman–Crippen MR) is 73.3 cm³/mol. The van der Waals surface area contributed by atoms with Crippen molar-refractivity contribution in [3.05, 3.63) is 23.8 Å². The summed E-state index contributed by atoms with van der Waals surface area (Å²) in [5, 5.41) is 13.2. The van der Waals surface area contributed by atoms with Gasteiger partial charge in [-0.1, -0.05) is 0 Å². The molecule has 3 N–H and O–H groups in total. The summed E-state index contributed by atoms with van der Waals surface area (Å²) in [4.78, 5) is 33.0. The van der Waals surface area contributed by atoms with Crippen molar-refractivity contribution in [2.24, 2.45) is 0 Å². The van der Waals surface area contributed by atoms with E-state index in [2.05, 4.69) is 10.6 Å². The van der Waals surface area contributed by atoms with Gasteiger partial charge in [0.25, 0.3) is 0 Å². The summed E-state index contributed by atoms with van der Waals surface area (Å²) < 4.78 is 5.06. The molecule has 0 aliphatic carbocycles. The fourth-order valence-electron chi connectivity index (χ4n) is 1.39. The van der Waals surface area contributed by atoms with Crippen molar-refractivity contribution >= 4 is 29.8 Å². The molecule has 0 spiro atoms. The number of rotatable bonds is 3. The Labute approximate surface area is 115 Å². The van der Waals surface area contributed by atoms with Crippen molar-refractivity contribution in [2.45, 2.75) is 26.4 Å². The molecule has 0 bridgehead atoms. The number of hydrogen-bond acceptors (Lipinski definition) is 4. The van der Waals surface area contributed by atoms with Crippen molar-refractivity contribution in [1.29, 1.82) is 0 Å². The van der Waals surface area contributed by atoms with Gasteiger partial charge in [0.1, 0.15) is 5.60 Å². The first-order chi connectivity index (χ1) is 9.21. The molecule has 1 rings (SSSR count). The number of carboxylic acid groups (broad SMARTS) is 1. The smallest absolute Gasteiger partial charge is 0.412 e. The zero-order valence-electron chi connectivity index (χ0n) is 11.4. The van der Waals surface area contributed by atoms with Gasteiger partial charge in [0.2, 0.25) is 0 Å². The number of amides is 2. The second-order valence-electron chi connectivity index (χ2n) is 4.98. The summed E-state index contributed by atoms with van der Waals surface area (Å²) in [6.07, 6.45) is -1.44. The minimum Gasteiger partial charge on any atom is -0.465 e. The highest BCUT2D eigenvalue weighted by molar-refractivity contribution is 5.95. The van der Waals surface area contributed by atoms with Crippen LogP contribution in [-0.2, 0) is 4.74 Å². The molecule has 2 amide bonds. The lowest BCUT2D eigenvalue weighted by molar-refractivity contribution is 0.0635. The molecule has 0 aliphatic rings. The van der Waals surface area contributed by atoms with Gasteiger partial charge in [0.15, 0.2) is 6.29 Å². The molecule has 0 saturated carbocycles. The zero-order chi connectivity index (χ0) is 15.3. The summed E-state index contributed by atoms with van der Waals surface area (Å²) in [6, 6.07) is 4.19. The van der Waals surface area contributed by atoms with Gasteiger partial charge in [-0.15, -0.1) is 0 Å². The Kier molecular flexibility index (Phi) is 4.68. The summed E-state index contributed by atoms with van der Waals surface area (Å²) in [5.74, 6) is 0. The van der Waals surface area contributed by atoms with Crippen LogP contribution in [0.15, 0.2) is 18.2 Å². The van der Waals surface area contributed by atoms with Crippen LogP contribution in [0.3, 0.4) is 0 Å². The van der Waals surface area contributed by atoms with E-state index in [0.29, 0.717) is 12.0 Å². The molecular weight excluding hydrogens is 264 g/mol. The third-order valence-electron chi connectivity index (χ3n) is 2.07. The second-order valence-corrected chi connectivity index (χ2v) is 4.98. The van der Waals surface area contributed by atoms with E-state index >= 15 is 0 Å². The molecule has 0 radical (unpaired) electrons. The molecule has 20 heavy (non-hydrogen) atoms. The molecule has 108 valence electrons. The molecule has 7 heteroatoms. The molecule has 7 nitrogen and oxygen atoms in total. The highest BCUT2D eigenvalue weighted by atomic mass is 16.6. The van der Waals surface area contributed by atoms with Gasteiger partial charge >= 0.3 is 12.2 Å². The Morgan fingerprint density at radius 3 is 2.40 bits per heavy atom. The maximum absolute atomic E-state index is 11.6. The number of hydrogen-bond donors (Lipinski definition) is 3. The number of nitrogens with one attached hydrogen (secondary N) is 2. The Morgan fingerprint density at radius 1 is 1.25 bits per heavy atom. The normalized spacial score (nSPS) is 10.6. The zero-order valence-corrected chi connectivity index (χ0v) is 11.4. The van der Waals surface area contributed by atoms with Crippen LogP contribution in [0, 0.1) is 0 Å². The first-order valence-corrected chi connectivity index (χ1v) is 5.80. The Morgan fingerprint density at radius 2 is 1.90 bits per heavy atom. The summed E-state index contributed by atoms with van der Waals surface area (Å²) >= 11 is 0. The van der Waals surface area contributed by atoms with Crippen LogP contribution in [-0.4, -0.2) is 29.2 Å². The highest BCUT2D eigenvalue weighted by Crippen LogP contribution is 2.20. The minimum atomic E-state index is -1.28. The number of aldehydes is 1. The van der Waals surface area contributed by atoms with Crippen LogP contribution in [0.25, 0.3) is 0 Å². The van der Waals surface area contributed by atoms with Gasteiger partial charge < -0.3 is 9.84 Å². The fourth-order valence-corrected chi connectivity index (χ4v) is 1.39. The molecule has 0 fully saturated rings. The van der Waals surface area contributed by atoms with Crippen LogP contribution in [0.2, 0.25) is 0 Å². The van der Waals surface area contributed by atoms with Gasteiger partial charge in [-0.25, -0.2) is 9.59 Å². The molecule has 0 aromatic heterocycles. The van der Waals surface area contributed by atoms with Crippen molar-refractivity contribution < 1.29 is 24.2 Å².